The third kappa shape index (κ3) is 2.51. The minimum atomic E-state index is 0.102. The predicted molar refractivity (Wildman–Crippen MR) is 80.5 cm³/mol. The smallest absolute Gasteiger partial charge is 0.123 e. The molecule has 1 aliphatic carbocycles. The molecule has 0 bridgehead atoms. The second-order valence-electron chi connectivity index (χ2n) is 7.05. The molecule has 2 heteroatoms. The van der Waals surface area contributed by atoms with Crippen LogP contribution >= 0.6 is 0 Å². The van der Waals surface area contributed by atoms with Gasteiger partial charge in [0.1, 0.15) is 11.9 Å². The van der Waals surface area contributed by atoms with Crippen LogP contribution in [0.3, 0.4) is 0 Å². The molecule has 1 fully saturated rings. The first-order chi connectivity index (χ1) is 8.79. The minimum absolute atomic E-state index is 0.102. The van der Waals surface area contributed by atoms with E-state index in [4.69, 9.17) is 10.5 Å². The zero-order chi connectivity index (χ0) is 14.3. The molecule has 2 nitrogen and oxygen atoms in total. The van der Waals surface area contributed by atoms with Crippen molar-refractivity contribution in [2.45, 2.75) is 65.0 Å². The largest absolute Gasteiger partial charge is 0.489 e. The van der Waals surface area contributed by atoms with E-state index in [9.17, 15) is 0 Å². The molecule has 1 aromatic carbocycles. The molecule has 0 aromatic heterocycles. The highest BCUT2D eigenvalue weighted by molar-refractivity contribution is 5.38. The van der Waals surface area contributed by atoms with E-state index in [1.54, 1.807) is 0 Å². The summed E-state index contributed by atoms with van der Waals surface area (Å²) in [5.41, 5.74) is 7.65. The molecule has 2 rings (SSSR count). The van der Waals surface area contributed by atoms with Crippen LogP contribution in [0.25, 0.3) is 0 Å². The fourth-order valence-corrected chi connectivity index (χ4v) is 2.86. The van der Waals surface area contributed by atoms with Gasteiger partial charge in [0, 0.05) is 17.9 Å². The quantitative estimate of drug-likeness (QED) is 0.896. The summed E-state index contributed by atoms with van der Waals surface area (Å²) in [4.78, 5) is 0. The van der Waals surface area contributed by atoms with E-state index < -0.39 is 0 Å². The summed E-state index contributed by atoms with van der Waals surface area (Å²) >= 11 is 0. The van der Waals surface area contributed by atoms with Gasteiger partial charge in [-0.25, -0.2) is 0 Å². The predicted octanol–water partition coefficient (Wildman–Crippen LogP) is 3.88. The third-order valence-electron chi connectivity index (χ3n) is 4.78. The van der Waals surface area contributed by atoms with Gasteiger partial charge in [0.2, 0.25) is 0 Å². The topological polar surface area (TPSA) is 35.2 Å². The summed E-state index contributed by atoms with van der Waals surface area (Å²) in [5, 5.41) is 0. The highest BCUT2D eigenvalue weighted by atomic mass is 16.5. The van der Waals surface area contributed by atoms with Crippen LogP contribution in [0.15, 0.2) is 24.3 Å². The Bertz CT molecular complexity index is 449. The Morgan fingerprint density at radius 1 is 1.32 bits per heavy atom. The summed E-state index contributed by atoms with van der Waals surface area (Å²) in [6, 6.07) is 8.65. The first-order valence-electron chi connectivity index (χ1n) is 7.31. The Labute approximate surface area is 117 Å². The fraction of sp³-hybridized carbons (Fsp3) is 0.647. The molecule has 0 spiro atoms. The highest BCUT2D eigenvalue weighted by Crippen LogP contribution is 2.46. The summed E-state index contributed by atoms with van der Waals surface area (Å²) in [6.45, 7) is 11.1. The molecule has 1 saturated carbocycles. The monoisotopic (exact) mass is 261 g/mol. The average molecular weight is 261 g/mol. The molecule has 3 unspecified atom stereocenters. The molecule has 2 N–H and O–H groups in total. The maximum absolute atomic E-state index is 6.30. The fourth-order valence-electron chi connectivity index (χ4n) is 2.86. The molecule has 3 atom stereocenters. The lowest BCUT2D eigenvalue weighted by molar-refractivity contribution is -0.0567. The number of hydrogen-bond donors (Lipinski definition) is 1. The molecule has 1 aromatic rings. The zero-order valence-corrected chi connectivity index (χ0v) is 12.9. The first-order valence-corrected chi connectivity index (χ1v) is 7.31. The van der Waals surface area contributed by atoms with Crippen molar-refractivity contribution in [1.29, 1.82) is 0 Å². The second kappa shape index (κ2) is 4.82. The van der Waals surface area contributed by atoms with Crippen molar-refractivity contribution in [3.8, 4) is 5.75 Å². The van der Waals surface area contributed by atoms with Gasteiger partial charge in [-0.2, -0.15) is 0 Å². The molecular weight excluding hydrogens is 234 g/mol. The Balaban J connectivity index is 2.22. The lowest BCUT2D eigenvalue weighted by Crippen LogP contribution is -2.61. The summed E-state index contributed by atoms with van der Waals surface area (Å²) in [7, 11) is 0. The van der Waals surface area contributed by atoms with Crippen LogP contribution < -0.4 is 10.5 Å². The van der Waals surface area contributed by atoms with Crippen molar-refractivity contribution in [1.82, 2.24) is 0 Å². The molecule has 0 heterocycles. The normalized spacial score (nSPS) is 30.8. The number of nitrogens with two attached hydrogens (primary N) is 1. The Kier molecular flexibility index (Phi) is 3.65. The number of para-hydroxylation sites is 1. The molecule has 19 heavy (non-hydrogen) atoms. The number of hydrogen-bond acceptors (Lipinski definition) is 2. The van der Waals surface area contributed by atoms with Gasteiger partial charge in [-0.3, -0.25) is 0 Å². The number of rotatable bonds is 3. The van der Waals surface area contributed by atoms with Gasteiger partial charge in [-0.15, -0.1) is 0 Å². The second-order valence-corrected chi connectivity index (χ2v) is 7.05. The van der Waals surface area contributed by atoms with Crippen molar-refractivity contribution in [3.63, 3.8) is 0 Å². The average Bonchev–Trinajstić information content (AvgIpc) is 2.36. The van der Waals surface area contributed by atoms with Crippen LogP contribution in [0.2, 0.25) is 0 Å². The SMILES string of the molecule is CCC1(C)C(N)CC1Oc1ccccc1C(C)(C)C. The molecule has 106 valence electrons. The van der Waals surface area contributed by atoms with Crippen molar-refractivity contribution < 1.29 is 4.74 Å². The van der Waals surface area contributed by atoms with Crippen molar-refractivity contribution in [2.75, 3.05) is 0 Å². The van der Waals surface area contributed by atoms with E-state index in [-0.39, 0.29) is 23.0 Å². The van der Waals surface area contributed by atoms with Gasteiger partial charge in [-0.1, -0.05) is 52.8 Å². The van der Waals surface area contributed by atoms with E-state index >= 15 is 0 Å². The van der Waals surface area contributed by atoms with Gasteiger partial charge in [0.15, 0.2) is 0 Å². The van der Waals surface area contributed by atoms with Crippen LogP contribution in [0.5, 0.6) is 5.75 Å². The van der Waals surface area contributed by atoms with E-state index in [1.807, 2.05) is 6.07 Å². The maximum atomic E-state index is 6.30. The number of ether oxygens (including phenoxy) is 1. The van der Waals surface area contributed by atoms with E-state index in [0.29, 0.717) is 0 Å². The van der Waals surface area contributed by atoms with E-state index in [1.165, 1.54) is 5.56 Å². The Morgan fingerprint density at radius 3 is 2.47 bits per heavy atom. The van der Waals surface area contributed by atoms with Gasteiger partial charge >= 0.3 is 0 Å². The summed E-state index contributed by atoms with van der Waals surface area (Å²) in [5.74, 6) is 1.02. The van der Waals surface area contributed by atoms with Crippen molar-refractivity contribution in [3.05, 3.63) is 29.8 Å². The van der Waals surface area contributed by atoms with Crippen LogP contribution in [0, 0.1) is 5.41 Å². The molecule has 0 amide bonds. The van der Waals surface area contributed by atoms with Gasteiger partial charge in [-0.05, 0) is 23.5 Å². The minimum Gasteiger partial charge on any atom is -0.489 e. The van der Waals surface area contributed by atoms with Gasteiger partial charge in [0.25, 0.3) is 0 Å². The molecule has 0 aliphatic heterocycles. The van der Waals surface area contributed by atoms with Crippen LogP contribution in [-0.4, -0.2) is 12.1 Å². The summed E-state index contributed by atoms with van der Waals surface area (Å²) < 4.78 is 6.30. The van der Waals surface area contributed by atoms with Crippen LogP contribution in [0.4, 0.5) is 0 Å². The van der Waals surface area contributed by atoms with Crippen LogP contribution in [-0.2, 0) is 5.41 Å². The number of benzene rings is 1. The zero-order valence-electron chi connectivity index (χ0n) is 12.9. The van der Waals surface area contributed by atoms with E-state index in [0.717, 1.165) is 18.6 Å². The molecular formula is C17H27NO. The van der Waals surface area contributed by atoms with E-state index in [2.05, 4.69) is 52.8 Å². The molecule has 0 saturated heterocycles. The third-order valence-corrected chi connectivity index (χ3v) is 4.78. The lowest BCUT2D eigenvalue weighted by Gasteiger charge is -2.51. The van der Waals surface area contributed by atoms with Crippen molar-refractivity contribution in [2.24, 2.45) is 11.1 Å². The lowest BCUT2D eigenvalue weighted by atomic mass is 9.62. The van der Waals surface area contributed by atoms with Crippen molar-refractivity contribution >= 4 is 0 Å². The highest BCUT2D eigenvalue weighted by Gasteiger charge is 2.50. The molecule has 0 radical (unpaired) electrons. The first kappa shape index (κ1) is 14.4. The summed E-state index contributed by atoms with van der Waals surface area (Å²) in [6.07, 6.45) is 2.27. The Morgan fingerprint density at radius 2 is 1.95 bits per heavy atom. The molecule has 1 aliphatic rings. The van der Waals surface area contributed by atoms with Crippen LogP contribution in [0.1, 0.15) is 53.0 Å². The standard InChI is InChI=1S/C17H27NO/c1-6-17(5)14(18)11-15(17)19-13-10-8-7-9-12(13)16(2,3)4/h7-10,14-15H,6,11,18H2,1-5H3. The van der Waals surface area contributed by atoms with Gasteiger partial charge < -0.3 is 10.5 Å². The van der Waals surface area contributed by atoms with Gasteiger partial charge in [0.05, 0.1) is 0 Å². The maximum Gasteiger partial charge on any atom is 0.123 e. The Hall–Kier alpha value is -1.02.